The first-order valence-electron chi connectivity index (χ1n) is 4.89. The third-order valence-electron chi connectivity index (χ3n) is 2.41. The molecule has 1 atom stereocenters. The van der Waals surface area contributed by atoms with Gasteiger partial charge in [-0.2, -0.15) is 0 Å². The summed E-state index contributed by atoms with van der Waals surface area (Å²) >= 11 is 11.7. The molecule has 2 N–H and O–H groups in total. The van der Waals surface area contributed by atoms with Crippen LogP contribution in [0.5, 0.6) is 0 Å². The number of nitrogens with two attached hydrogens (primary N) is 1. The van der Waals surface area contributed by atoms with E-state index in [0.29, 0.717) is 11.6 Å². The van der Waals surface area contributed by atoms with Crippen LogP contribution in [0.4, 0.5) is 0 Å². The van der Waals surface area contributed by atoms with Crippen molar-refractivity contribution in [2.75, 3.05) is 0 Å². The van der Waals surface area contributed by atoms with Gasteiger partial charge in [0.15, 0.2) is 5.22 Å². The maximum Gasteiger partial charge on any atom is 0.197 e. The van der Waals surface area contributed by atoms with Gasteiger partial charge in [0.05, 0.1) is 6.26 Å². The first kappa shape index (κ1) is 11.5. The summed E-state index contributed by atoms with van der Waals surface area (Å²) in [6.07, 6.45) is 2.25. The predicted molar refractivity (Wildman–Crippen MR) is 65.8 cm³/mol. The Labute approximate surface area is 104 Å². The molecular formula is C12H11Cl2NO. The summed E-state index contributed by atoms with van der Waals surface area (Å²) in [6, 6.07) is 9.24. The van der Waals surface area contributed by atoms with E-state index in [9.17, 15) is 0 Å². The number of rotatable bonds is 3. The van der Waals surface area contributed by atoms with Crippen molar-refractivity contribution in [1.29, 1.82) is 0 Å². The van der Waals surface area contributed by atoms with Crippen LogP contribution in [-0.2, 0) is 6.42 Å². The smallest absolute Gasteiger partial charge is 0.197 e. The highest BCUT2D eigenvalue weighted by atomic mass is 35.5. The number of hydrogen-bond donors (Lipinski definition) is 1. The first-order chi connectivity index (χ1) is 7.66. The molecule has 84 valence electrons. The number of benzene rings is 1. The van der Waals surface area contributed by atoms with Gasteiger partial charge in [-0.25, -0.2) is 0 Å². The molecule has 0 saturated heterocycles. The van der Waals surface area contributed by atoms with Crippen LogP contribution >= 0.6 is 23.2 Å². The van der Waals surface area contributed by atoms with Crippen LogP contribution in [0.1, 0.15) is 17.2 Å². The molecule has 16 heavy (non-hydrogen) atoms. The summed E-state index contributed by atoms with van der Waals surface area (Å²) in [5.41, 5.74) is 7.98. The normalized spacial score (nSPS) is 12.7. The van der Waals surface area contributed by atoms with E-state index < -0.39 is 0 Å². The van der Waals surface area contributed by atoms with Gasteiger partial charge in [-0.05, 0) is 41.8 Å². The maximum atomic E-state index is 6.03. The molecule has 4 heteroatoms. The van der Waals surface area contributed by atoms with E-state index >= 15 is 0 Å². The fraction of sp³-hybridized carbons (Fsp3) is 0.167. The van der Waals surface area contributed by atoms with Gasteiger partial charge in [-0.3, -0.25) is 0 Å². The third-order valence-corrected chi connectivity index (χ3v) is 2.97. The zero-order valence-electron chi connectivity index (χ0n) is 8.49. The third kappa shape index (κ3) is 2.59. The van der Waals surface area contributed by atoms with Crippen molar-refractivity contribution in [3.63, 3.8) is 0 Å². The lowest BCUT2D eigenvalue weighted by atomic mass is 10.0. The van der Waals surface area contributed by atoms with Gasteiger partial charge in [0, 0.05) is 16.6 Å². The quantitative estimate of drug-likeness (QED) is 0.906. The standard InChI is InChI=1S/C12H11Cl2NO/c13-9-3-1-8(2-4-9)7-11(15)10-5-6-16-12(10)14/h1-6,11H,7,15H2. The molecule has 2 aromatic rings. The van der Waals surface area contributed by atoms with E-state index in [1.165, 1.54) is 0 Å². The van der Waals surface area contributed by atoms with Gasteiger partial charge in [0.25, 0.3) is 0 Å². The lowest BCUT2D eigenvalue weighted by Gasteiger charge is -2.10. The number of furan rings is 1. The van der Waals surface area contributed by atoms with Crippen LogP contribution in [0.3, 0.4) is 0 Å². The van der Waals surface area contributed by atoms with Gasteiger partial charge >= 0.3 is 0 Å². The van der Waals surface area contributed by atoms with Crippen molar-refractivity contribution < 1.29 is 4.42 Å². The first-order valence-corrected chi connectivity index (χ1v) is 5.65. The average Bonchev–Trinajstić information content (AvgIpc) is 2.68. The Kier molecular flexibility index (Phi) is 3.54. The number of halogens is 2. The molecule has 0 aliphatic carbocycles. The van der Waals surface area contributed by atoms with Gasteiger partial charge in [0.2, 0.25) is 0 Å². The predicted octanol–water partition coefficient (Wildman–Crippen LogP) is 3.83. The number of hydrogen-bond acceptors (Lipinski definition) is 2. The van der Waals surface area contributed by atoms with Crippen molar-refractivity contribution in [1.82, 2.24) is 0 Å². The van der Waals surface area contributed by atoms with Crippen molar-refractivity contribution in [2.45, 2.75) is 12.5 Å². The van der Waals surface area contributed by atoms with Gasteiger partial charge < -0.3 is 10.2 Å². The summed E-state index contributed by atoms with van der Waals surface area (Å²) in [6.45, 7) is 0. The molecule has 1 unspecified atom stereocenters. The SMILES string of the molecule is NC(Cc1ccc(Cl)cc1)c1ccoc1Cl. The second-order valence-electron chi connectivity index (χ2n) is 3.59. The fourth-order valence-corrected chi connectivity index (χ4v) is 1.93. The van der Waals surface area contributed by atoms with E-state index in [0.717, 1.165) is 16.1 Å². The summed E-state index contributed by atoms with van der Waals surface area (Å²) in [4.78, 5) is 0. The van der Waals surface area contributed by atoms with Gasteiger partial charge in [-0.1, -0.05) is 23.7 Å². The molecule has 2 rings (SSSR count). The molecule has 0 aliphatic rings. The van der Waals surface area contributed by atoms with Crippen LogP contribution in [-0.4, -0.2) is 0 Å². The summed E-state index contributed by atoms with van der Waals surface area (Å²) in [7, 11) is 0. The molecule has 1 heterocycles. The van der Waals surface area contributed by atoms with E-state index in [1.807, 2.05) is 24.3 Å². The molecule has 0 spiro atoms. The van der Waals surface area contributed by atoms with E-state index in [-0.39, 0.29) is 6.04 Å². The van der Waals surface area contributed by atoms with Crippen LogP contribution in [0.15, 0.2) is 41.0 Å². The minimum Gasteiger partial charge on any atom is -0.453 e. The monoisotopic (exact) mass is 255 g/mol. The lowest BCUT2D eigenvalue weighted by molar-refractivity contribution is 0.560. The fourth-order valence-electron chi connectivity index (χ4n) is 1.55. The molecule has 0 aliphatic heterocycles. The minimum atomic E-state index is -0.160. The Balaban J connectivity index is 2.10. The van der Waals surface area contributed by atoms with Gasteiger partial charge in [0.1, 0.15) is 0 Å². The topological polar surface area (TPSA) is 39.2 Å². The Hall–Kier alpha value is -0.960. The lowest BCUT2D eigenvalue weighted by Crippen LogP contribution is -2.12. The van der Waals surface area contributed by atoms with Gasteiger partial charge in [-0.15, -0.1) is 0 Å². The Morgan fingerprint density at radius 3 is 2.38 bits per heavy atom. The zero-order chi connectivity index (χ0) is 11.5. The van der Waals surface area contributed by atoms with Crippen molar-refractivity contribution in [3.05, 3.63) is 58.0 Å². The summed E-state index contributed by atoms with van der Waals surface area (Å²) in [5, 5.41) is 1.08. The van der Waals surface area contributed by atoms with E-state index in [1.54, 1.807) is 12.3 Å². The Bertz CT molecular complexity index is 464. The van der Waals surface area contributed by atoms with E-state index in [2.05, 4.69) is 0 Å². The van der Waals surface area contributed by atoms with Crippen molar-refractivity contribution >= 4 is 23.2 Å². The molecule has 0 bridgehead atoms. The Morgan fingerprint density at radius 2 is 1.81 bits per heavy atom. The molecular weight excluding hydrogens is 245 g/mol. The van der Waals surface area contributed by atoms with Crippen LogP contribution in [0, 0.1) is 0 Å². The summed E-state index contributed by atoms with van der Waals surface area (Å²) < 4.78 is 5.01. The van der Waals surface area contributed by atoms with Crippen molar-refractivity contribution in [3.8, 4) is 0 Å². The Morgan fingerprint density at radius 1 is 1.12 bits per heavy atom. The highest BCUT2D eigenvalue weighted by molar-refractivity contribution is 6.30. The highest BCUT2D eigenvalue weighted by Crippen LogP contribution is 2.25. The minimum absolute atomic E-state index is 0.160. The average molecular weight is 256 g/mol. The molecule has 1 aromatic heterocycles. The second-order valence-corrected chi connectivity index (χ2v) is 4.37. The van der Waals surface area contributed by atoms with Crippen LogP contribution < -0.4 is 5.73 Å². The maximum absolute atomic E-state index is 6.03. The molecule has 2 nitrogen and oxygen atoms in total. The largest absolute Gasteiger partial charge is 0.453 e. The molecule has 1 aromatic carbocycles. The highest BCUT2D eigenvalue weighted by Gasteiger charge is 2.13. The van der Waals surface area contributed by atoms with Crippen LogP contribution in [0.25, 0.3) is 0 Å². The van der Waals surface area contributed by atoms with E-state index in [4.69, 9.17) is 33.4 Å². The van der Waals surface area contributed by atoms with Crippen molar-refractivity contribution in [2.24, 2.45) is 5.73 Å². The molecule has 0 radical (unpaired) electrons. The molecule has 0 saturated carbocycles. The second kappa shape index (κ2) is 4.91. The zero-order valence-corrected chi connectivity index (χ0v) is 10.0. The van der Waals surface area contributed by atoms with Crippen LogP contribution in [0.2, 0.25) is 10.2 Å². The summed E-state index contributed by atoms with van der Waals surface area (Å²) in [5.74, 6) is 0. The molecule has 0 fully saturated rings. The molecule has 0 amide bonds.